The van der Waals surface area contributed by atoms with Crippen LogP contribution in [0.1, 0.15) is 6.42 Å². The monoisotopic (exact) mass is 328 g/mol. The molecule has 0 aliphatic carbocycles. The molecule has 1 aromatic carbocycles. The fourth-order valence-corrected chi connectivity index (χ4v) is 3.42. The average molecular weight is 329 g/mol. The van der Waals surface area contributed by atoms with Crippen LogP contribution >= 0.6 is 11.6 Å². The Morgan fingerprint density at radius 3 is 3.09 bits per heavy atom. The second-order valence-electron chi connectivity index (χ2n) is 5.98. The minimum atomic E-state index is -0.525. The number of carbonyl (C=O) groups is 1. The molecule has 2 fully saturated rings. The van der Waals surface area contributed by atoms with Crippen molar-refractivity contribution in [3.05, 3.63) is 29.0 Å². The van der Waals surface area contributed by atoms with Crippen molar-refractivity contribution in [2.24, 2.45) is 11.3 Å². The molecule has 2 aliphatic rings. The first-order valence-corrected chi connectivity index (χ1v) is 7.61. The molecular formula is C15H18ClFN2O3. The van der Waals surface area contributed by atoms with E-state index in [0.29, 0.717) is 32.0 Å². The molecule has 0 spiro atoms. The predicted octanol–water partition coefficient (Wildman–Crippen LogP) is 2.34. The van der Waals surface area contributed by atoms with E-state index >= 15 is 0 Å². The maximum atomic E-state index is 13.1. The molecule has 0 unspecified atom stereocenters. The molecule has 2 heterocycles. The van der Waals surface area contributed by atoms with Crippen LogP contribution in [-0.2, 0) is 4.74 Å². The minimum Gasteiger partial charge on any atom is -0.396 e. The molecule has 2 saturated heterocycles. The number of ether oxygens (including phenoxy) is 1. The number of amides is 2. The van der Waals surface area contributed by atoms with E-state index < -0.39 is 5.82 Å². The van der Waals surface area contributed by atoms with Gasteiger partial charge >= 0.3 is 6.03 Å². The van der Waals surface area contributed by atoms with Gasteiger partial charge in [-0.05, 0) is 24.6 Å². The third-order valence-electron chi connectivity index (χ3n) is 4.65. The third kappa shape index (κ3) is 2.78. The molecule has 1 aromatic rings. The van der Waals surface area contributed by atoms with Crippen LogP contribution in [0.25, 0.3) is 0 Å². The van der Waals surface area contributed by atoms with Crippen molar-refractivity contribution < 1.29 is 19.0 Å². The lowest BCUT2D eigenvalue weighted by Gasteiger charge is -2.36. The van der Waals surface area contributed by atoms with Crippen molar-refractivity contribution in [1.29, 1.82) is 0 Å². The van der Waals surface area contributed by atoms with Gasteiger partial charge in [-0.25, -0.2) is 9.18 Å². The van der Waals surface area contributed by atoms with E-state index in [0.717, 1.165) is 6.42 Å². The minimum absolute atomic E-state index is 0.0341. The zero-order chi connectivity index (χ0) is 15.7. The van der Waals surface area contributed by atoms with Crippen molar-refractivity contribution >= 4 is 23.3 Å². The van der Waals surface area contributed by atoms with Crippen molar-refractivity contribution in [1.82, 2.24) is 4.90 Å². The summed E-state index contributed by atoms with van der Waals surface area (Å²) in [5, 5.41) is 12.4. The van der Waals surface area contributed by atoms with Gasteiger partial charge < -0.3 is 20.1 Å². The topological polar surface area (TPSA) is 61.8 Å². The first-order chi connectivity index (χ1) is 10.5. The molecule has 0 saturated carbocycles. The van der Waals surface area contributed by atoms with Crippen LogP contribution in [0.2, 0.25) is 5.02 Å². The highest BCUT2D eigenvalue weighted by atomic mass is 35.5. The Labute approximate surface area is 133 Å². The molecule has 22 heavy (non-hydrogen) atoms. The van der Waals surface area contributed by atoms with Gasteiger partial charge in [-0.3, -0.25) is 0 Å². The number of fused-ring (bicyclic) bond motifs is 1. The number of hydrogen-bond donors (Lipinski definition) is 2. The molecular weight excluding hydrogens is 311 g/mol. The van der Waals surface area contributed by atoms with Gasteiger partial charge in [0.1, 0.15) is 5.82 Å². The molecule has 0 bridgehead atoms. The Hall–Kier alpha value is -1.37. The van der Waals surface area contributed by atoms with E-state index in [2.05, 4.69) is 5.32 Å². The molecule has 0 radical (unpaired) electrons. The van der Waals surface area contributed by atoms with E-state index in [-0.39, 0.29) is 29.0 Å². The number of rotatable bonds is 2. The quantitative estimate of drug-likeness (QED) is 0.876. The van der Waals surface area contributed by atoms with Gasteiger partial charge in [-0.15, -0.1) is 0 Å². The van der Waals surface area contributed by atoms with Gasteiger partial charge in [0.15, 0.2) is 0 Å². The number of likely N-dealkylation sites (tertiary alicyclic amines) is 1. The SMILES string of the molecule is O=C(Nc1ccc(F)c(Cl)c1)N1C[C@@H]2COCC[C@]2(CO)C1. The number of halogens is 2. The van der Waals surface area contributed by atoms with Crippen LogP contribution in [0.4, 0.5) is 14.9 Å². The smallest absolute Gasteiger partial charge is 0.321 e. The predicted molar refractivity (Wildman–Crippen MR) is 80.4 cm³/mol. The summed E-state index contributed by atoms with van der Waals surface area (Å²) < 4.78 is 18.6. The summed E-state index contributed by atoms with van der Waals surface area (Å²) in [7, 11) is 0. The van der Waals surface area contributed by atoms with Crippen LogP contribution in [-0.4, -0.2) is 48.9 Å². The molecule has 2 amide bonds. The molecule has 0 aromatic heterocycles. The normalized spacial score (nSPS) is 27.6. The van der Waals surface area contributed by atoms with Gasteiger partial charge in [0.2, 0.25) is 0 Å². The standard InChI is InChI=1S/C15H18ClFN2O3/c16-12-5-11(1-2-13(12)17)18-14(21)19-6-10-7-22-4-3-15(10,8-19)9-20/h1-2,5,10,20H,3-4,6-9H2,(H,18,21)/t10-,15-/m1/s1. The lowest BCUT2D eigenvalue weighted by Crippen LogP contribution is -2.41. The fourth-order valence-electron chi connectivity index (χ4n) is 3.24. The largest absolute Gasteiger partial charge is 0.396 e. The maximum Gasteiger partial charge on any atom is 0.321 e. The summed E-state index contributed by atoms with van der Waals surface area (Å²) in [4.78, 5) is 14.0. The zero-order valence-corrected chi connectivity index (χ0v) is 12.8. The molecule has 5 nitrogen and oxygen atoms in total. The molecule has 120 valence electrons. The second kappa shape index (κ2) is 6.02. The van der Waals surface area contributed by atoms with Crippen LogP contribution in [0.15, 0.2) is 18.2 Å². The first kappa shape index (κ1) is 15.5. The number of nitrogens with one attached hydrogen (secondary N) is 1. The van der Waals surface area contributed by atoms with Gasteiger partial charge in [-0.1, -0.05) is 11.6 Å². The Balaban J connectivity index is 1.69. The highest BCUT2D eigenvalue weighted by Crippen LogP contribution is 2.41. The van der Waals surface area contributed by atoms with E-state index in [1.54, 1.807) is 4.90 Å². The molecule has 3 rings (SSSR count). The van der Waals surface area contributed by atoms with Gasteiger partial charge in [0.05, 0.1) is 18.2 Å². The molecule has 2 atom stereocenters. The van der Waals surface area contributed by atoms with E-state index in [1.165, 1.54) is 18.2 Å². The molecule has 2 N–H and O–H groups in total. The average Bonchev–Trinajstić information content (AvgIpc) is 2.91. The van der Waals surface area contributed by atoms with Crippen molar-refractivity contribution in [2.75, 3.05) is 38.2 Å². The highest BCUT2D eigenvalue weighted by molar-refractivity contribution is 6.31. The number of nitrogens with zero attached hydrogens (tertiary/aromatic N) is 1. The number of urea groups is 1. The van der Waals surface area contributed by atoms with E-state index in [4.69, 9.17) is 16.3 Å². The van der Waals surface area contributed by atoms with Gasteiger partial charge in [0, 0.05) is 36.7 Å². The lowest BCUT2D eigenvalue weighted by molar-refractivity contribution is -0.0415. The third-order valence-corrected chi connectivity index (χ3v) is 4.94. The Kier molecular flexibility index (Phi) is 4.25. The van der Waals surface area contributed by atoms with Crippen LogP contribution < -0.4 is 5.32 Å². The van der Waals surface area contributed by atoms with E-state index in [9.17, 15) is 14.3 Å². The van der Waals surface area contributed by atoms with Gasteiger partial charge in [-0.2, -0.15) is 0 Å². The Bertz CT molecular complexity index is 586. The number of aliphatic hydroxyl groups is 1. The van der Waals surface area contributed by atoms with Gasteiger partial charge in [0.25, 0.3) is 0 Å². The Morgan fingerprint density at radius 1 is 1.59 bits per heavy atom. The second-order valence-corrected chi connectivity index (χ2v) is 6.39. The van der Waals surface area contributed by atoms with Crippen molar-refractivity contribution in [3.63, 3.8) is 0 Å². The summed E-state index contributed by atoms with van der Waals surface area (Å²) in [6.45, 7) is 2.26. The molecule has 7 heteroatoms. The lowest BCUT2D eigenvalue weighted by atomic mass is 9.75. The van der Waals surface area contributed by atoms with Crippen LogP contribution in [0.5, 0.6) is 0 Å². The summed E-state index contributed by atoms with van der Waals surface area (Å²) in [6, 6.07) is 3.78. The number of benzene rings is 1. The molecule has 2 aliphatic heterocycles. The first-order valence-electron chi connectivity index (χ1n) is 7.24. The van der Waals surface area contributed by atoms with Crippen LogP contribution in [0.3, 0.4) is 0 Å². The Morgan fingerprint density at radius 2 is 2.41 bits per heavy atom. The fraction of sp³-hybridized carbons (Fsp3) is 0.533. The number of carbonyl (C=O) groups excluding carboxylic acids is 1. The van der Waals surface area contributed by atoms with Crippen molar-refractivity contribution in [2.45, 2.75) is 6.42 Å². The number of anilines is 1. The summed E-state index contributed by atoms with van der Waals surface area (Å²) in [5.74, 6) is -0.378. The zero-order valence-electron chi connectivity index (χ0n) is 12.0. The maximum absolute atomic E-state index is 13.1. The summed E-state index contributed by atoms with van der Waals surface area (Å²) in [6.07, 6.45) is 0.750. The summed E-state index contributed by atoms with van der Waals surface area (Å²) in [5.41, 5.74) is 0.177. The number of aliphatic hydroxyl groups excluding tert-OH is 1. The van der Waals surface area contributed by atoms with Crippen LogP contribution in [0, 0.1) is 17.2 Å². The summed E-state index contributed by atoms with van der Waals surface area (Å²) >= 11 is 5.71. The van der Waals surface area contributed by atoms with E-state index in [1.807, 2.05) is 0 Å². The van der Waals surface area contributed by atoms with Crippen molar-refractivity contribution in [3.8, 4) is 0 Å². The number of hydrogen-bond acceptors (Lipinski definition) is 3. The highest BCUT2D eigenvalue weighted by Gasteiger charge is 2.49.